The highest BCUT2D eigenvalue weighted by atomic mass is 32.1. The third-order valence-electron chi connectivity index (χ3n) is 4.55. The predicted octanol–water partition coefficient (Wildman–Crippen LogP) is 3.18. The fourth-order valence-electron chi connectivity index (χ4n) is 3.31. The van der Waals surface area contributed by atoms with Crippen molar-refractivity contribution in [1.29, 1.82) is 0 Å². The highest BCUT2D eigenvalue weighted by Crippen LogP contribution is 2.38. The Kier molecular flexibility index (Phi) is 3.89. The molecule has 3 heterocycles. The topological polar surface area (TPSA) is 53.3 Å². The van der Waals surface area contributed by atoms with Gasteiger partial charge in [0, 0.05) is 30.8 Å². The van der Waals surface area contributed by atoms with E-state index in [1.54, 1.807) is 18.3 Å². The van der Waals surface area contributed by atoms with Gasteiger partial charge in [0.1, 0.15) is 5.75 Å². The molecule has 2 aromatic heterocycles. The molecule has 1 aliphatic rings. The second-order valence-electron chi connectivity index (χ2n) is 6.06. The molecule has 25 heavy (non-hydrogen) atoms. The van der Waals surface area contributed by atoms with Crippen molar-refractivity contribution in [2.75, 3.05) is 7.05 Å². The second kappa shape index (κ2) is 6.22. The maximum absolute atomic E-state index is 9.55. The molecule has 1 fully saturated rings. The van der Waals surface area contributed by atoms with Crippen LogP contribution in [-0.4, -0.2) is 31.7 Å². The zero-order valence-electron chi connectivity index (χ0n) is 13.7. The lowest BCUT2D eigenvalue weighted by atomic mass is 10.0. The van der Waals surface area contributed by atoms with Crippen molar-refractivity contribution in [2.24, 2.45) is 0 Å². The van der Waals surface area contributed by atoms with Crippen LogP contribution in [0.4, 0.5) is 0 Å². The molecule has 126 valence electrons. The summed E-state index contributed by atoms with van der Waals surface area (Å²) in [5, 5.41) is 13.6. The summed E-state index contributed by atoms with van der Waals surface area (Å²) in [4.78, 5) is 6.58. The average Bonchev–Trinajstić information content (AvgIpc) is 3.22. The van der Waals surface area contributed by atoms with Gasteiger partial charge in [0.2, 0.25) is 0 Å². The molecule has 1 aromatic carbocycles. The normalized spacial score (nSPS) is 19.9. The summed E-state index contributed by atoms with van der Waals surface area (Å²) < 4.78 is 2.12. The number of phenolic OH excluding ortho intramolecular Hbond substituents is 1. The summed E-state index contributed by atoms with van der Waals surface area (Å²) in [5.41, 5.74) is 3.05. The summed E-state index contributed by atoms with van der Waals surface area (Å²) in [6, 6.07) is 17.2. The number of thiocarbonyl (C=S) groups is 1. The van der Waals surface area contributed by atoms with Gasteiger partial charge in [-0.1, -0.05) is 6.07 Å². The Morgan fingerprint density at radius 1 is 1.08 bits per heavy atom. The number of benzene rings is 1. The van der Waals surface area contributed by atoms with Gasteiger partial charge >= 0.3 is 0 Å². The Morgan fingerprint density at radius 2 is 1.88 bits per heavy atom. The predicted molar refractivity (Wildman–Crippen MR) is 101 cm³/mol. The van der Waals surface area contributed by atoms with Crippen molar-refractivity contribution in [3.8, 4) is 11.4 Å². The lowest BCUT2D eigenvalue weighted by Gasteiger charge is -2.25. The molecule has 1 saturated heterocycles. The minimum Gasteiger partial charge on any atom is -0.508 e. The number of rotatable bonds is 3. The van der Waals surface area contributed by atoms with Crippen LogP contribution < -0.4 is 5.32 Å². The van der Waals surface area contributed by atoms with Crippen LogP contribution in [0.3, 0.4) is 0 Å². The van der Waals surface area contributed by atoms with Crippen molar-refractivity contribution in [3.63, 3.8) is 0 Å². The van der Waals surface area contributed by atoms with Gasteiger partial charge in [-0.15, -0.1) is 0 Å². The van der Waals surface area contributed by atoms with Crippen molar-refractivity contribution in [2.45, 2.75) is 12.1 Å². The SMILES string of the molecule is CN1C(=S)N[C@@H](c2ccccn2)[C@H]1c1cccn1-c1ccc(O)cc1. The fourth-order valence-corrected chi connectivity index (χ4v) is 3.55. The van der Waals surface area contributed by atoms with Crippen molar-refractivity contribution >= 4 is 17.3 Å². The maximum Gasteiger partial charge on any atom is 0.169 e. The van der Waals surface area contributed by atoms with E-state index in [1.165, 1.54) is 0 Å². The summed E-state index contributed by atoms with van der Waals surface area (Å²) in [5.74, 6) is 0.254. The largest absolute Gasteiger partial charge is 0.508 e. The molecule has 0 unspecified atom stereocenters. The van der Waals surface area contributed by atoms with Gasteiger partial charge in [-0.2, -0.15) is 0 Å². The number of nitrogens with zero attached hydrogens (tertiary/aromatic N) is 3. The molecule has 1 aliphatic heterocycles. The van der Waals surface area contributed by atoms with Gasteiger partial charge in [-0.3, -0.25) is 4.98 Å². The zero-order chi connectivity index (χ0) is 17.4. The Hall–Kier alpha value is -2.86. The van der Waals surface area contributed by atoms with Crippen molar-refractivity contribution in [1.82, 2.24) is 19.8 Å². The van der Waals surface area contributed by atoms with E-state index in [4.69, 9.17) is 12.2 Å². The van der Waals surface area contributed by atoms with Crippen molar-refractivity contribution in [3.05, 3.63) is 78.4 Å². The molecule has 0 spiro atoms. The molecule has 0 radical (unpaired) electrons. The van der Waals surface area contributed by atoms with E-state index in [-0.39, 0.29) is 17.8 Å². The van der Waals surface area contributed by atoms with Crippen LogP contribution in [-0.2, 0) is 0 Å². The Morgan fingerprint density at radius 3 is 2.60 bits per heavy atom. The van der Waals surface area contributed by atoms with E-state index in [0.717, 1.165) is 17.1 Å². The lowest BCUT2D eigenvalue weighted by Crippen LogP contribution is -2.25. The first-order valence-electron chi connectivity index (χ1n) is 8.06. The summed E-state index contributed by atoms with van der Waals surface area (Å²) >= 11 is 5.49. The molecule has 6 heteroatoms. The minimum absolute atomic E-state index is 0.0196. The van der Waals surface area contributed by atoms with Crippen LogP contribution in [0.1, 0.15) is 23.5 Å². The number of aromatic hydroxyl groups is 1. The number of hydrogen-bond acceptors (Lipinski definition) is 3. The Labute approximate surface area is 151 Å². The molecule has 3 aromatic rings. The molecule has 4 rings (SSSR count). The van der Waals surface area contributed by atoms with Crippen LogP contribution in [0, 0.1) is 0 Å². The number of phenols is 1. The van der Waals surface area contributed by atoms with E-state index in [9.17, 15) is 5.11 Å². The van der Waals surface area contributed by atoms with Gasteiger partial charge in [-0.05, 0) is 60.7 Å². The molecule has 5 nitrogen and oxygen atoms in total. The molecule has 0 aliphatic carbocycles. The minimum atomic E-state index is -0.0236. The van der Waals surface area contributed by atoms with Crippen LogP contribution in [0.25, 0.3) is 5.69 Å². The Balaban J connectivity index is 1.78. The van der Waals surface area contributed by atoms with Gasteiger partial charge in [0.15, 0.2) is 5.11 Å². The van der Waals surface area contributed by atoms with Crippen LogP contribution in [0.5, 0.6) is 5.75 Å². The molecule has 2 atom stereocenters. The summed E-state index contributed by atoms with van der Waals surface area (Å²) in [6.07, 6.45) is 3.82. The van der Waals surface area contributed by atoms with E-state index < -0.39 is 0 Å². The smallest absolute Gasteiger partial charge is 0.169 e. The van der Waals surface area contributed by atoms with E-state index in [2.05, 4.69) is 25.8 Å². The molecule has 2 N–H and O–H groups in total. The molecule has 0 saturated carbocycles. The molecule has 0 amide bonds. The highest BCUT2D eigenvalue weighted by Gasteiger charge is 2.39. The summed E-state index contributed by atoms with van der Waals surface area (Å²) in [7, 11) is 2.00. The third-order valence-corrected chi connectivity index (χ3v) is 4.96. The summed E-state index contributed by atoms with van der Waals surface area (Å²) in [6.45, 7) is 0. The highest BCUT2D eigenvalue weighted by molar-refractivity contribution is 7.80. The maximum atomic E-state index is 9.55. The van der Waals surface area contributed by atoms with Crippen LogP contribution in [0.15, 0.2) is 67.0 Å². The van der Waals surface area contributed by atoms with Gasteiger partial charge in [0.25, 0.3) is 0 Å². The van der Waals surface area contributed by atoms with Crippen LogP contribution >= 0.6 is 12.2 Å². The molecule has 0 bridgehead atoms. The third kappa shape index (κ3) is 2.74. The fraction of sp³-hybridized carbons (Fsp3) is 0.158. The first kappa shape index (κ1) is 15.7. The molecular weight excluding hydrogens is 332 g/mol. The molecular formula is C19H18N4OS. The number of nitrogens with one attached hydrogen (secondary N) is 1. The first-order chi connectivity index (χ1) is 12.1. The number of hydrogen-bond donors (Lipinski definition) is 2. The zero-order valence-corrected chi connectivity index (χ0v) is 14.5. The van der Waals surface area contributed by atoms with Gasteiger partial charge in [0.05, 0.1) is 17.8 Å². The lowest BCUT2D eigenvalue weighted by molar-refractivity contribution is 0.357. The van der Waals surface area contributed by atoms with Crippen LogP contribution in [0.2, 0.25) is 0 Å². The standard InChI is InChI=1S/C19H18N4OS/c1-22-18(17(21-19(22)25)15-5-2-3-11-20-15)16-6-4-12-23(16)13-7-9-14(24)10-8-13/h2-12,17-18,24H,1H3,(H,21,25)/t17-,18+/m0/s1. The van der Waals surface area contributed by atoms with Gasteiger partial charge < -0.3 is 19.9 Å². The van der Waals surface area contributed by atoms with E-state index in [1.807, 2.05) is 49.6 Å². The van der Waals surface area contributed by atoms with E-state index >= 15 is 0 Å². The van der Waals surface area contributed by atoms with Gasteiger partial charge in [-0.25, -0.2) is 0 Å². The number of aromatic nitrogens is 2. The monoisotopic (exact) mass is 350 g/mol. The average molecular weight is 350 g/mol. The Bertz CT molecular complexity index is 891. The first-order valence-corrected chi connectivity index (χ1v) is 8.47. The number of pyridine rings is 1. The second-order valence-corrected chi connectivity index (χ2v) is 6.44. The van der Waals surface area contributed by atoms with E-state index in [0.29, 0.717) is 5.11 Å². The van der Waals surface area contributed by atoms with Crippen molar-refractivity contribution < 1.29 is 5.11 Å². The quantitative estimate of drug-likeness (QED) is 0.711. The number of likely N-dealkylation sites (N-methyl/N-ethyl adjacent to an activating group) is 1.